The highest BCUT2D eigenvalue weighted by molar-refractivity contribution is 14.1. The summed E-state index contributed by atoms with van der Waals surface area (Å²) in [6.45, 7) is 1.80. The quantitative estimate of drug-likeness (QED) is 0.497. The molecule has 0 N–H and O–H groups in total. The zero-order chi connectivity index (χ0) is 14.2. The lowest BCUT2D eigenvalue weighted by atomic mass is 10.0. The smallest absolute Gasteiger partial charge is 0.252 e. The molecule has 19 heavy (non-hydrogen) atoms. The molecule has 0 atom stereocenters. The number of hydrogen-bond acceptors (Lipinski definition) is 1. The van der Waals surface area contributed by atoms with Gasteiger partial charge in [-0.15, -0.1) is 0 Å². The van der Waals surface area contributed by atoms with E-state index < -0.39 is 11.7 Å². The fourth-order valence-electron chi connectivity index (χ4n) is 1.71. The van der Waals surface area contributed by atoms with Gasteiger partial charge in [0.25, 0.3) is 0 Å². The van der Waals surface area contributed by atoms with E-state index in [0.29, 0.717) is 5.69 Å². The lowest BCUT2D eigenvalue weighted by molar-refractivity contribution is -0.137. The van der Waals surface area contributed by atoms with Crippen LogP contribution in [0.15, 0.2) is 30.3 Å². The second-order valence-corrected chi connectivity index (χ2v) is 6.17. The molecular weight excluding hydrogens is 481 g/mol. The normalized spacial score (nSPS) is 11.7. The van der Waals surface area contributed by atoms with Gasteiger partial charge in [-0.3, -0.25) is 4.98 Å². The highest BCUT2D eigenvalue weighted by Gasteiger charge is 2.33. The first kappa shape index (κ1) is 15.0. The van der Waals surface area contributed by atoms with Crippen molar-refractivity contribution in [2.24, 2.45) is 0 Å². The van der Waals surface area contributed by atoms with E-state index in [1.807, 2.05) is 0 Å². The van der Waals surface area contributed by atoms with Gasteiger partial charge in [0.1, 0.15) is 0 Å². The summed E-state index contributed by atoms with van der Waals surface area (Å²) in [6.07, 6.45) is -4.37. The van der Waals surface area contributed by atoms with Crippen molar-refractivity contribution in [2.45, 2.75) is 13.1 Å². The number of alkyl halides is 3. The fraction of sp³-hybridized carbons (Fsp3) is 0.154. The van der Waals surface area contributed by atoms with Gasteiger partial charge >= 0.3 is 6.18 Å². The maximum absolute atomic E-state index is 13.0. The van der Waals surface area contributed by atoms with Gasteiger partial charge in [0.15, 0.2) is 0 Å². The van der Waals surface area contributed by atoms with Crippen LogP contribution in [0.5, 0.6) is 0 Å². The third-order valence-corrected chi connectivity index (χ3v) is 5.83. The highest BCUT2D eigenvalue weighted by atomic mass is 127. The average Bonchev–Trinajstić information content (AvgIpc) is 2.34. The SMILES string of the molecule is Cc1nc(-c2ccccc2C(F)(F)F)cc(I)c1I. The number of rotatable bonds is 1. The average molecular weight is 489 g/mol. The third kappa shape index (κ3) is 3.21. The first-order chi connectivity index (χ1) is 8.80. The topological polar surface area (TPSA) is 12.9 Å². The Kier molecular flexibility index (Phi) is 4.38. The molecule has 0 fully saturated rings. The van der Waals surface area contributed by atoms with Crippen molar-refractivity contribution in [3.05, 3.63) is 48.7 Å². The Labute approximate surface area is 135 Å². The molecule has 0 unspecified atom stereocenters. The summed E-state index contributed by atoms with van der Waals surface area (Å²) in [5, 5.41) is 0. The summed E-state index contributed by atoms with van der Waals surface area (Å²) in [7, 11) is 0. The number of pyridine rings is 1. The molecule has 1 aromatic carbocycles. The molecule has 1 heterocycles. The molecule has 0 amide bonds. The minimum Gasteiger partial charge on any atom is -0.252 e. The molecule has 1 aromatic heterocycles. The van der Waals surface area contributed by atoms with Crippen molar-refractivity contribution in [3.8, 4) is 11.3 Å². The number of hydrogen-bond donors (Lipinski definition) is 0. The van der Waals surface area contributed by atoms with Crippen LogP contribution in [0.4, 0.5) is 13.2 Å². The molecule has 0 aliphatic heterocycles. The largest absolute Gasteiger partial charge is 0.417 e. The summed E-state index contributed by atoms with van der Waals surface area (Å²) in [5.41, 5.74) is 0.557. The first-order valence-corrected chi connectivity index (χ1v) is 7.45. The van der Waals surface area contributed by atoms with Crippen molar-refractivity contribution in [2.75, 3.05) is 0 Å². The van der Waals surface area contributed by atoms with Crippen LogP contribution < -0.4 is 0 Å². The maximum Gasteiger partial charge on any atom is 0.417 e. The van der Waals surface area contributed by atoms with Crippen LogP contribution >= 0.6 is 45.2 Å². The Balaban J connectivity index is 2.67. The fourth-order valence-corrected chi connectivity index (χ4v) is 2.67. The Morgan fingerprint density at radius 3 is 2.32 bits per heavy atom. The van der Waals surface area contributed by atoms with Gasteiger partial charge in [0.05, 0.1) is 17.0 Å². The highest BCUT2D eigenvalue weighted by Crippen LogP contribution is 2.37. The minimum atomic E-state index is -4.37. The predicted molar refractivity (Wildman–Crippen MR) is 84.8 cm³/mol. The van der Waals surface area contributed by atoms with E-state index >= 15 is 0 Å². The third-order valence-electron chi connectivity index (χ3n) is 2.59. The molecule has 0 saturated heterocycles. The van der Waals surface area contributed by atoms with E-state index in [1.165, 1.54) is 12.1 Å². The maximum atomic E-state index is 13.0. The molecular formula is C13H8F3I2N. The van der Waals surface area contributed by atoms with Crippen LogP contribution in [0.1, 0.15) is 11.3 Å². The van der Waals surface area contributed by atoms with Gasteiger partial charge < -0.3 is 0 Å². The molecule has 100 valence electrons. The van der Waals surface area contributed by atoms with Crippen molar-refractivity contribution in [1.82, 2.24) is 4.98 Å². The number of benzene rings is 1. The van der Waals surface area contributed by atoms with E-state index in [2.05, 4.69) is 50.2 Å². The predicted octanol–water partition coefficient (Wildman–Crippen LogP) is 5.29. The molecule has 0 saturated carbocycles. The molecule has 0 spiro atoms. The monoisotopic (exact) mass is 489 g/mol. The standard InChI is InChI=1S/C13H8F3I2N/c1-7-12(18)10(17)6-11(19-7)8-4-2-3-5-9(8)13(14,15)16/h2-6H,1H3. The lowest BCUT2D eigenvalue weighted by Crippen LogP contribution is -2.08. The van der Waals surface area contributed by atoms with E-state index in [0.717, 1.165) is 18.9 Å². The molecule has 1 nitrogen and oxygen atoms in total. The summed E-state index contributed by atoms with van der Waals surface area (Å²) in [5.74, 6) is 0. The van der Waals surface area contributed by atoms with Crippen LogP contribution in [0.2, 0.25) is 0 Å². The second-order valence-electron chi connectivity index (χ2n) is 3.93. The van der Waals surface area contributed by atoms with Crippen LogP contribution in [0, 0.1) is 14.1 Å². The summed E-state index contributed by atoms with van der Waals surface area (Å²) in [4.78, 5) is 4.27. The van der Waals surface area contributed by atoms with Crippen LogP contribution in [0.3, 0.4) is 0 Å². The Morgan fingerprint density at radius 2 is 1.74 bits per heavy atom. The molecule has 6 heteroatoms. The van der Waals surface area contributed by atoms with E-state index in [-0.39, 0.29) is 5.56 Å². The van der Waals surface area contributed by atoms with E-state index in [9.17, 15) is 13.2 Å². The molecule has 0 aliphatic carbocycles. The second kappa shape index (κ2) is 5.55. The van der Waals surface area contributed by atoms with Crippen molar-refractivity contribution >= 4 is 45.2 Å². The Morgan fingerprint density at radius 1 is 1.11 bits per heavy atom. The van der Waals surface area contributed by atoms with Crippen LogP contribution in [-0.4, -0.2) is 4.98 Å². The number of aryl methyl sites for hydroxylation is 1. The van der Waals surface area contributed by atoms with Gasteiger partial charge in [0, 0.05) is 12.7 Å². The van der Waals surface area contributed by atoms with Gasteiger partial charge in [-0.05, 0) is 64.2 Å². The van der Waals surface area contributed by atoms with Crippen LogP contribution in [0.25, 0.3) is 11.3 Å². The van der Waals surface area contributed by atoms with Crippen molar-refractivity contribution < 1.29 is 13.2 Å². The minimum absolute atomic E-state index is 0.118. The molecule has 0 bridgehead atoms. The zero-order valence-corrected chi connectivity index (χ0v) is 14.0. The van der Waals surface area contributed by atoms with Crippen LogP contribution in [-0.2, 0) is 6.18 Å². The molecule has 0 aliphatic rings. The Bertz CT molecular complexity index is 601. The van der Waals surface area contributed by atoms with Gasteiger partial charge in [-0.25, -0.2) is 0 Å². The zero-order valence-electron chi connectivity index (χ0n) is 9.72. The van der Waals surface area contributed by atoms with Gasteiger partial charge in [0.2, 0.25) is 0 Å². The summed E-state index contributed by atoms with van der Waals surface area (Å²) in [6, 6.07) is 7.19. The number of halogens is 5. The molecule has 2 aromatic rings. The number of aromatic nitrogens is 1. The van der Waals surface area contributed by atoms with Crippen molar-refractivity contribution in [3.63, 3.8) is 0 Å². The molecule has 0 radical (unpaired) electrons. The summed E-state index contributed by atoms with van der Waals surface area (Å²) >= 11 is 4.24. The van der Waals surface area contributed by atoms with Crippen molar-refractivity contribution in [1.29, 1.82) is 0 Å². The van der Waals surface area contributed by atoms with E-state index in [4.69, 9.17) is 0 Å². The van der Waals surface area contributed by atoms with Gasteiger partial charge in [-0.2, -0.15) is 13.2 Å². The number of nitrogens with zero attached hydrogens (tertiary/aromatic N) is 1. The van der Waals surface area contributed by atoms with Gasteiger partial charge in [-0.1, -0.05) is 18.2 Å². The Hall–Kier alpha value is -0.380. The first-order valence-electron chi connectivity index (χ1n) is 5.30. The summed E-state index contributed by atoms with van der Waals surface area (Å²) < 4.78 is 40.8. The molecule has 2 rings (SSSR count). The lowest BCUT2D eigenvalue weighted by Gasteiger charge is -2.13. The van der Waals surface area contributed by atoms with E-state index in [1.54, 1.807) is 19.1 Å².